The minimum atomic E-state index is -0.264. The lowest BCUT2D eigenvalue weighted by molar-refractivity contribution is -0.130. The predicted molar refractivity (Wildman–Crippen MR) is 101 cm³/mol. The zero-order valence-corrected chi connectivity index (χ0v) is 16.1. The summed E-state index contributed by atoms with van der Waals surface area (Å²) in [4.78, 5) is 41.3. The molecule has 0 aliphatic carbocycles. The van der Waals surface area contributed by atoms with Gasteiger partial charge in [-0.25, -0.2) is 0 Å². The van der Waals surface area contributed by atoms with Gasteiger partial charge in [0.1, 0.15) is 0 Å². The van der Waals surface area contributed by atoms with Gasteiger partial charge in [0.25, 0.3) is 11.8 Å². The summed E-state index contributed by atoms with van der Waals surface area (Å²) in [6, 6.07) is 7.33. The van der Waals surface area contributed by atoms with E-state index in [-0.39, 0.29) is 24.3 Å². The van der Waals surface area contributed by atoms with Gasteiger partial charge in [-0.3, -0.25) is 19.3 Å². The van der Waals surface area contributed by atoms with Crippen molar-refractivity contribution in [2.24, 2.45) is 0 Å². The Hall–Kier alpha value is -2.47. The molecule has 0 radical (unpaired) electrons. The van der Waals surface area contributed by atoms with Crippen LogP contribution in [0.5, 0.6) is 0 Å². The van der Waals surface area contributed by atoms with Crippen molar-refractivity contribution in [3.63, 3.8) is 0 Å². The lowest BCUT2D eigenvalue weighted by atomic mass is 10.1. The fourth-order valence-electron chi connectivity index (χ4n) is 3.06. The summed E-state index contributed by atoms with van der Waals surface area (Å²) in [5, 5.41) is 2.02. The second kappa shape index (κ2) is 7.41. The SMILES string of the molecule is Cc1ccc2c(c1)C(=O)N(CCCC(=O)N(C)Cc1sccc1C)C2=O. The number of benzene rings is 1. The molecule has 6 heteroatoms. The summed E-state index contributed by atoms with van der Waals surface area (Å²) in [5.41, 5.74) is 3.06. The van der Waals surface area contributed by atoms with Crippen molar-refractivity contribution < 1.29 is 14.4 Å². The van der Waals surface area contributed by atoms with Crippen LogP contribution in [0.2, 0.25) is 0 Å². The fraction of sp³-hybridized carbons (Fsp3) is 0.350. The highest BCUT2D eigenvalue weighted by Gasteiger charge is 2.35. The fourth-order valence-corrected chi connectivity index (χ4v) is 4.02. The maximum absolute atomic E-state index is 12.4. The molecule has 2 heterocycles. The van der Waals surface area contributed by atoms with Crippen LogP contribution >= 0.6 is 11.3 Å². The van der Waals surface area contributed by atoms with Gasteiger partial charge in [0, 0.05) is 24.9 Å². The summed E-state index contributed by atoms with van der Waals surface area (Å²) in [7, 11) is 1.78. The van der Waals surface area contributed by atoms with Crippen molar-refractivity contribution in [2.45, 2.75) is 33.2 Å². The molecule has 1 aliphatic rings. The average Bonchev–Trinajstić information content (AvgIpc) is 3.11. The topological polar surface area (TPSA) is 57.7 Å². The van der Waals surface area contributed by atoms with Gasteiger partial charge in [-0.05, 0) is 49.4 Å². The number of imide groups is 1. The van der Waals surface area contributed by atoms with E-state index >= 15 is 0 Å². The summed E-state index contributed by atoms with van der Waals surface area (Å²) < 4.78 is 0. The Balaban J connectivity index is 1.53. The average molecular weight is 370 g/mol. The standard InChI is InChI=1S/C20H22N2O3S/c1-13-6-7-15-16(11-13)20(25)22(19(15)24)9-4-5-18(23)21(3)12-17-14(2)8-10-26-17/h6-8,10-11H,4-5,9,12H2,1-3H3. The van der Waals surface area contributed by atoms with Crippen LogP contribution in [0.25, 0.3) is 0 Å². The number of carbonyl (C=O) groups is 3. The maximum atomic E-state index is 12.4. The summed E-state index contributed by atoms with van der Waals surface area (Å²) in [5.74, 6) is -0.506. The lowest BCUT2D eigenvalue weighted by Gasteiger charge is -2.18. The van der Waals surface area contributed by atoms with E-state index in [0.717, 1.165) is 5.56 Å². The normalized spacial score (nSPS) is 13.3. The number of aryl methyl sites for hydroxylation is 2. The number of amides is 3. The molecule has 5 nitrogen and oxygen atoms in total. The van der Waals surface area contributed by atoms with Gasteiger partial charge in [0.05, 0.1) is 17.7 Å². The number of fused-ring (bicyclic) bond motifs is 1. The van der Waals surface area contributed by atoms with E-state index in [9.17, 15) is 14.4 Å². The third kappa shape index (κ3) is 3.55. The first-order chi connectivity index (χ1) is 12.4. The largest absolute Gasteiger partial charge is 0.341 e. The van der Waals surface area contributed by atoms with E-state index in [2.05, 4.69) is 0 Å². The Morgan fingerprint density at radius 1 is 1.12 bits per heavy atom. The van der Waals surface area contributed by atoms with Crippen molar-refractivity contribution in [3.8, 4) is 0 Å². The number of rotatable bonds is 6. The number of thiophene rings is 1. The summed E-state index contributed by atoms with van der Waals surface area (Å²) in [6.45, 7) is 4.79. The van der Waals surface area contributed by atoms with Crippen LogP contribution in [-0.2, 0) is 11.3 Å². The van der Waals surface area contributed by atoms with Crippen LogP contribution in [-0.4, -0.2) is 41.1 Å². The van der Waals surface area contributed by atoms with Gasteiger partial charge in [0.15, 0.2) is 0 Å². The highest BCUT2D eigenvalue weighted by atomic mass is 32.1. The minimum Gasteiger partial charge on any atom is -0.341 e. The molecule has 1 aromatic carbocycles. The molecule has 0 bridgehead atoms. The lowest BCUT2D eigenvalue weighted by Crippen LogP contribution is -2.32. The van der Waals surface area contributed by atoms with E-state index in [1.54, 1.807) is 35.4 Å². The van der Waals surface area contributed by atoms with E-state index in [1.165, 1.54) is 15.3 Å². The van der Waals surface area contributed by atoms with Gasteiger partial charge in [0.2, 0.25) is 5.91 Å². The molecule has 1 aromatic heterocycles. The number of carbonyl (C=O) groups excluding carboxylic acids is 3. The predicted octanol–water partition coefficient (Wildman–Crippen LogP) is 3.40. The summed E-state index contributed by atoms with van der Waals surface area (Å²) >= 11 is 1.64. The van der Waals surface area contributed by atoms with Crippen molar-refractivity contribution in [3.05, 3.63) is 56.8 Å². The number of hydrogen-bond acceptors (Lipinski definition) is 4. The minimum absolute atomic E-state index is 0.0188. The van der Waals surface area contributed by atoms with Crippen molar-refractivity contribution >= 4 is 29.1 Å². The van der Waals surface area contributed by atoms with Gasteiger partial charge < -0.3 is 4.90 Å². The smallest absolute Gasteiger partial charge is 0.261 e. The van der Waals surface area contributed by atoms with Gasteiger partial charge >= 0.3 is 0 Å². The molecule has 0 unspecified atom stereocenters. The highest BCUT2D eigenvalue weighted by molar-refractivity contribution is 7.10. The van der Waals surface area contributed by atoms with E-state index in [1.807, 2.05) is 31.4 Å². The molecular weight excluding hydrogens is 348 g/mol. The van der Waals surface area contributed by atoms with Crippen molar-refractivity contribution in [1.82, 2.24) is 9.80 Å². The molecule has 3 amide bonds. The van der Waals surface area contributed by atoms with Crippen LogP contribution in [0.15, 0.2) is 29.6 Å². The molecule has 0 fully saturated rings. The zero-order chi connectivity index (χ0) is 18.8. The molecular formula is C20H22N2O3S. The molecule has 136 valence electrons. The van der Waals surface area contributed by atoms with E-state index in [4.69, 9.17) is 0 Å². The second-order valence-corrected chi connectivity index (χ2v) is 7.69. The van der Waals surface area contributed by atoms with Gasteiger partial charge in [-0.2, -0.15) is 0 Å². The first-order valence-corrected chi connectivity index (χ1v) is 9.50. The Morgan fingerprint density at radius 2 is 1.85 bits per heavy atom. The molecule has 0 saturated carbocycles. The quantitative estimate of drug-likeness (QED) is 0.732. The number of nitrogens with zero attached hydrogens (tertiary/aromatic N) is 2. The Bertz CT molecular complexity index is 872. The van der Waals surface area contributed by atoms with Crippen molar-refractivity contribution in [2.75, 3.05) is 13.6 Å². The van der Waals surface area contributed by atoms with E-state index < -0.39 is 0 Å². The first-order valence-electron chi connectivity index (χ1n) is 8.62. The first kappa shape index (κ1) is 18.3. The molecule has 0 atom stereocenters. The molecule has 0 N–H and O–H groups in total. The molecule has 2 aromatic rings. The highest BCUT2D eigenvalue weighted by Crippen LogP contribution is 2.24. The van der Waals surface area contributed by atoms with Crippen molar-refractivity contribution in [1.29, 1.82) is 0 Å². The monoisotopic (exact) mass is 370 g/mol. The van der Waals surface area contributed by atoms with Crippen LogP contribution in [0.4, 0.5) is 0 Å². The molecule has 1 aliphatic heterocycles. The van der Waals surface area contributed by atoms with Gasteiger partial charge in [-0.15, -0.1) is 11.3 Å². The zero-order valence-electron chi connectivity index (χ0n) is 15.2. The molecule has 3 rings (SSSR count). The molecule has 26 heavy (non-hydrogen) atoms. The van der Waals surface area contributed by atoms with Crippen LogP contribution in [0.1, 0.15) is 49.6 Å². The van der Waals surface area contributed by atoms with Crippen LogP contribution < -0.4 is 0 Å². The van der Waals surface area contributed by atoms with Gasteiger partial charge in [-0.1, -0.05) is 11.6 Å². The molecule has 0 saturated heterocycles. The Kier molecular flexibility index (Phi) is 5.23. The Morgan fingerprint density at radius 3 is 2.54 bits per heavy atom. The second-order valence-electron chi connectivity index (χ2n) is 6.69. The Labute approximate surface area is 157 Å². The van der Waals surface area contributed by atoms with Crippen LogP contribution in [0.3, 0.4) is 0 Å². The van der Waals surface area contributed by atoms with Crippen LogP contribution in [0, 0.1) is 13.8 Å². The third-order valence-corrected chi connectivity index (χ3v) is 5.68. The summed E-state index contributed by atoms with van der Waals surface area (Å²) in [6.07, 6.45) is 0.782. The third-order valence-electron chi connectivity index (χ3n) is 4.67. The number of hydrogen-bond donors (Lipinski definition) is 0. The van der Waals surface area contributed by atoms with E-state index in [0.29, 0.717) is 30.5 Å². The molecule has 0 spiro atoms. The maximum Gasteiger partial charge on any atom is 0.261 e.